The van der Waals surface area contributed by atoms with E-state index in [0.717, 1.165) is 5.56 Å². The number of carbonyl (C=O) groups is 2. The fourth-order valence-electron chi connectivity index (χ4n) is 1.76. The normalized spacial score (nSPS) is 13.5. The average Bonchev–Trinajstić information content (AvgIpc) is 2.44. The maximum atomic E-state index is 11.8. The van der Waals surface area contributed by atoms with Crippen LogP contribution in [0.1, 0.15) is 24.4 Å². The first-order valence-corrected chi connectivity index (χ1v) is 7.75. The number of hydrogen-bond donors (Lipinski definition) is 3. The van der Waals surface area contributed by atoms with E-state index in [9.17, 15) is 9.59 Å². The molecule has 0 fully saturated rings. The minimum absolute atomic E-state index is 0.0764. The zero-order valence-corrected chi connectivity index (χ0v) is 12.2. The molecule has 0 aliphatic rings. The van der Waals surface area contributed by atoms with Gasteiger partial charge >= 0.3 is 5.97 Å². The predicted octanol–water partition coefficient (Wildman–Crippen LogP) is 1.40. The van der Waals surface area contributed by atoms with Gasteiger partial charge in [-0.25, -0.2) is 4.79 Å². The summed E-state index contributed by atoms with van der Waals surface area (Å²) in [7, 11) is 0. The lowest BCUT2D eigenvalue weighted by atomic mass is 10.0. The summed E-state index contributed by atoms with van der Waals surface area (Å²) in [4.78, 5) is 22.9. The number of nitrogens with one attached hydrogen (secondary N) is 1. The van der Waals surface area contributed by atoms with Gasteiger partial charge in [0.25, 0.3) is 0 Å². The molecule has 4 N–H and O–H groups in total. The van der Waals surface area contributed by atoms with E-state index in [2.05, 4.69) is 5.32 Å². The Kier molecular flexibility index (Phi) is 7.11. The summed E-state index contributed by atoms with van der Waals surface area (Å²) < 4.78 is 0. The molecule has 1 aromatic carbocycles. The van der Waals surface area contributed by atoms with Gasteiger partial charge in [0, 0.05) is 12.5 Å². The third-order valence-electron chi connectivity index (χ3n) is 2.88. The van der Waals surface area contributed by atoms with Crippen LogP contribution in [0.5, 0.6) is 0 Å². The number of aliphatic carboxylic acids is 1. The van der Waals surface area contributed by atoms with E-state index < -0.39 is 18.1 Å². The van der Waals surface area contributed by atoms with Crippen molar-refractivity contribution in [3.63, 3.8) is 0 Å². The summed E-state index contributed by atoms with van der Waals surface area (Å²) in [5.74, 6) is -0.669. The fraction of sp³-hybridized carbons (Fsp3) is 0.429. The van der Waals surface area contributed by atoms with Crippen LogP contribution in [0, 0.1) is 0 Å². The molecule has 110 valence electrons. The van der Waals surface area contributed by atoms with E-state index in [1.54, 1.807) is 11.8 Å². The number of rotatable bonds is 8. The molecule has 0 radical (unpaired) electrons. The van der Waals surface area contributed by atoms with Crippen LogP contribution in [0.15, 0.2) is 30.3 Å². The zero-order chi connectivity index (χ0) is 15.0. The van der Waals surface area contributed by atoms with Crippen molar-refractivity contribution in [2.75, 3.05) is 12.0 Å². The number of nitrogens with two attached hydrogens (primary N) is 1. The van der Waals surface area contributed by atoms with Crippen molar-refractivity contribution in [3.05, 3.63) is 35.9 Å². The summed E-state index contributed by atoms with van der Waals surface area (Å²) in [5, 5.41) is 11.6. The van der Waals surface area contributed by atoms with Crippen LogP contribution in [0.3, 0.4) is 0 Å². The van der Waals surface area contributed by atoms with Crippen molar-refractivity contribution >= 4 is 23.6 Å². The second-order valence-corrected chi connectivity index (χ2v) is 5.45. The summed E-state index contributed by atoms with van der Waals surface area (Å²) >= 11 is 1.55. The smallest absolute Gasteiger partial charge is 0.326 e. The van der Waals surface area contributed by atoms with Gasteiger partial charge in [0.1, 0.15) is 6.04 Å². The first kappa shape index (κ1) is 16.5. The molecule has 20 heavy (non-hydrogen) atoms. The lowest BCUT2D eigenvalue weighted by Gasteiger charge is -2.16. The molecule has 0 aromatic heterocycles. The monoisotopic (exact) mass is 296 g/mol. The van der Waals surface area contributed by atoms with Gasteiger partial charge in [-0.3, -0.25) is 4.79 Å². The van der Waals surface area contributed by atoms with E-state index in [0.29, 0.717) is 12.2 Å². The highest BCUT2D eigenvalue weighted by Gasteiger charge is 2.20. The van der Waals surface area contributed by atoms with Crippen molar-refractivity contribution < 1.29 is 14.7 Å². The van der Waals surface area contributed by atoms with E-state index in [1.165, 1.54) is 0 Å². The molecular formula is C14H20N2O3S. The lowest BCUT2D eigenvalue weighted by molar-refractivity contribution is -0.141. The second-order valence-electron chi connectivity index (χ2n) is 4.46. The van der Waals surface area contributed by atoms with Gasteiger partial charge in [0.15, 0.2) is 0 Å². The van der Waals surface area contributed by atoms with Gasteiger partial charge in [-0.15, -0.1) is 0 Å². The van der Waals surface area contributed by atoms with Crippen LogP contribution in [-0.2, 0) is 9.59 Å². The van der Waals surface area contributed by atoms with E-state index in [1.807, 2.05) is 36.6 Å². The van der Waals surface area contributed by atoms with Crippen LogP contribution in [0.4, 0.5) is 0 Å². The predicted molar refractivity (Wildman–Crippen MR) is 80.6 cm³/mol. The van der Waals surface area contributed by atoms with E-state index in [4.69, 9.17) is 10.8 Å². The van der Waals surface area contributed by atoms with Crippen molar-refractivity contribution in [3.8, 4) is 0 Å². The van der Waals surface area contributed by atoms with Gasteiger partial charge in [-0.2, -0.15) is 11.8 Å². The number of hydrogen-bond acceptors (Lipinski definition) is 4. The lowest BCUT2D eigenvalue weighted by Crippen LogP contribution is -2.42. The molecule has 5 nitrogen and oxygen atoms in total. The molecule has 2 unspecified atom stereocenters. The average molecular weight is 296 g/mol. The van der Waals surface area contributed by atoms with Crippen LogP contribution in [0.25, 0.3) is 0 Å². The maximum Gasteiger partial charge on any atom is 0.326 e. The Hall–Kier alpha value is -1.53. The highest BCUT2D eigenvalue weighted by molar-refractivity contribution is 7.98. The fourth-order valence-corrected chi connectivity index (χ4v) is 2.24. The Morgan fingerprint density at radius 2 is 2.00 bits per heavy atom. The SMILES string of the molecule is CSCCC(NC(=O)CC(N)c1ccccc1)C(=O)O. The minimum atomic E-state index is -1.01. The molecule has 0 aliphatic carbocycles. The number of benzene rings is 1. The molecule has 0 aliphatic heterocycles. The Bertz CT molecular complexity index is 439. The van der Waals surface area contributed by atoms with Crippen molar-refractivity contribution in [1.29, 1.82) is 0 Å². The van der Waals surface area contributed by atoms with Gasteiger partial charge < -0.3 is 16.2 Å². The van der Waals surface area contributed by atoms with Crippen LogP contribution in [0.2, 0.25) is 0 Å². The second kappa shape index (κ2) is 8.60. The van der Waals surface area contributed by atoms with Crippen LogP contribution >= 0.6 is 11.8 Å². The highest BCUT2D eigenvalue weighted by Crippen LogP contribution is 2.13. The number of carboxylic acids is 1. The van der Waals surface area contributed by atoms with Crippen molar-refractivity contribution in [2.45, 2.75) is 24.9 Å². The number of amides is 1. The van der Waals surface area contributed by atoms with Gasteiger partial charge in [0.2, 0.25) is 5.91 Å². The summed E-state index contributed by atoms with van der Waals surface area (Å²) in [6.07, 6.45) is 2.38. The molecule has 0 spiro atoms. The Labute approximate surface area is 122 Å². The molecule has 0 saturated carbocycles. The summed E-state index contributed by atoms with van der Waals surface area (Å²) in [6.45, 7) is 0. The largest absolute Gasteiger partial charge is 0.480 e. The van der Waals surface area contributed by atoms with Crippen LogP contribution in [-0.4, -0.2) is 35.0 Å². The number of carbonyl (C=O) groups excluding carboxylic acids is 1. The maximum absolute atomic E-state index is 11.8. The molecule has 0 bridgehead atoms. The van der Waals surface area contributed by atoms with Gasteiger partial charge in [-0.05, 0) is 24.0 Å². The molecule has 1 rings (SSSR count). The van der Waals surface area contributed by atoms with Crippen LogP contribution < -0.4 is 11.1 Å². The Morgan fingerprint density at radius 1 is 1.35 bits per heavy atom. The van der Waals surface area contributed by atoms with Gasteiger partial charge in [0.05, 0.1) is 0 Å². The Balaban J connectivity index is 2.51. The first-order valence-electron chi connectivity index (χ1n) is 6.36. The van der Waals surface area contributed by atoms with E-state index >= 15 is 0 Å². The number of thioether (sulfide) groups is 1. The quantitative estimate of drug-likeness (QED) is 0.674. The molecular weight excluding hydrogens is 276 g/mol. The number of carboxylic acid groups (broad SMARTS) is 1. The molecule has 1 amide bonds. The molecule has 0 heterocycles. The van der Waals surface area contributed by atoms with Crippen molar-refractivity contribution in [1.82, 2.24) is 5.32 Å². The standard InChI is InChI=1S/C14H20N2O3S/c1-20-8-7-12(14(18)19)16-13(17)9-11(15)10-5-3-2-4-6-10/h2-6,11-12H,7-9,15H2,1H3,(H,16,17)(H,18,19). The van der Waals surface area contributed by atoms with Gasteiger partial charge in [-0.1, -0.05) is 30.3 Å². The van der Waals surface area contributed by atoms with Crippen molar-refractivity contribution in [2.24, 2.45) is 5.73 Å². The first-order chi connectivity index (χ1) is 9.54. The summed E-state index contributed by atoms with van der Waals surface area (Å²) in [5.41, 5.74) is 6.80. The zero-order valence-electron chi connectivity index (χ0n) is 11.4. The molecule has 2 atom stereocenters. The topological polar surface area (TPSA) is 92.4 Å². The molecule has 1 aromatic rings. The third kappa shape index (κ3) is 5.63. The molecule has 6 heteroatoms. The minimum Gasteiger partial charge on any atom is -0.480 e. The summed E-state index contributed by atoms with van der Waals surface area (Å²) in [6, 6.07) is 8.00. The Morgan fingerprint density at radius 3 is 2.55 bits per heavy atom. The highest BCUT2D eigenvalue weighted by atomic mass is 32.2. The third-order valence-corrected chi connectivity index (χ3v) is 3.52. The van der Waals surface area contributed by atoms with E-state index in [-0.39, 0.29) is 12.3 Å². The molecule has 0 saturated heterocycles.